The van der Waals surface area contributed by atoms with Crippen LogP contribution in [-0.4, -0.2) is 26.1 Å². The third-order valence-corrected chi connectivity index (χ3v) is 6.09. The second kappa shape index (κ2) is 7.57. The van der Waals surface area contributed by atoms with Crippen LogP contribution in [0, 0.1) is 13.8 Å². The molecular weight excluding hydrogens is 388 g/mol. The second-order valence-corrected chi connectivity index (χ2v) is 7.82. The molecule has 0 amide bonds. The summed E-state index contributed by atoms with van der Waals surface area (Å²) in [4.78, 5) is 6.84. The molecule has 1 aliphatic heterocycles. The summed E-state index contributed by atoms with van der Waals surface area (Å²) in [5, 5.41) is 5.00. The van der Waals surface area contributed by atoms with Gasteiger partial charge in [0, 0.05) is 24.1 Å². The van der Waals surface area contributed by atoms with Gasteiger partial charge in [0.05, 0.1) is 28.5 Å². The number of aryl methyl sites for hydroxylation is 1. The topological polar surface area (TPSA) is 33.1 Å². The van der Waals surface area contributed by atoms with E-state index in [-0.39, 0.29) is 12.1 Å². The highest BCUT2D eigenvalue weighted by Gasteiger charge is 2.40. The minimum absolute atomic E-state index is 0.00819. The van der Waals surface area contributed by atoms with Gasteiger partial charge in [0.25, 0.3) is 0 Å². The number of thiocarbonyl (C=S) groups is 1. The van der Waals surface area contributed by atoms with Crippen LogP contribution in [0.3, 0.4) is 0 Å². The third-order valence-electron chi connectivity index (χ3n) is 5.42. The predicted octanol–water partition coefficient (Wildman–Crippen LogP) is 5.13. The van der Waals surface area contributed by atoms with Gasteiger partial charge in [-0.25, -0.2) is 0 Å². The second-order valence-electron chi connectivity index (χ2n) is 7.03. The molecule has 0 aliphatic carbocycles. The van der Waals surface area contributed by atoms with E-state index in [1.54, 1.807) is 0 Å². The molecular formula is C22H23ClN4S. The third kappa shape index (κ3) is 3.09. The molecule has 3 heterocycles. The number of nitrogens with zero attached hydrogens (tertiary/aromatic N) is 3. The van der Waals surface area contributed by atoms with Crippen LogP contribution in [0.4, 0.5) is 0 Å². The summed E-state index contributed by atoms with van der Waals surface area (Å²) >= 11 is 12.2. The molecule has 1 fully saturated rings. The van der Waals surface area contributed by atoms with Gasteiger partial charge in [-0.05, 0) is 68.9 Å². The summed E-state index contributed by atoms with van der Waals surface area (Å²) < 4.78 is 2.22. The number of hydrogen-bond donors (Lipinski definition) is 1. The fraction of sp³-hybridized carbons (Fsp3) is 0.273. The first-order chi connectivity index (χ1) is 13.5. The molecule has 144 valence electrons. The van der Waals surface area contributed by atoms with Crippen LogP contribution in [0.15, 0.2) is 54.7 Å². The molecule has 1 N–H and O–H groups in total. The predicted molar refractivity (Wildman–Crippen MR) is 118 cm³/mol. The number of likely N-dealkylation sites (N-methyl/N-ethyl adjacent to an activating group) is 1. The Morgan fingerprint density at radius 2 is 1.89 bits per heavy atom. The molecule has 2 aromatic heterocycles. The molecule has 4 rings (SSSR count). The van der Waals surface area contributed by atoms with Crippen molar-refractivity contribution in [1.82, 2.24) is 19.8 Å². The van der Waals surface area contributed by atoms with Crippen molar-refractivity contribution in [3.8, 4) is 5.69 Å². The highest BCUT2D eigenvalue weighted by atomic mass is 35.5. The Morgan fingerprint density at radius 1 is 1.14 bits per heavy atom. The van der Waals surface area contributed by atoms with Crippen LogP contribution in [0.5, 0.6) is 0 Å². The first kappa shape index (κ1) is 19.0. The molecule has 0 bridgehead atoms. The molecule has 0 saturated carbocycles. The van der Waals surface area contributed by atoms with Gasteiger partial charge in [-0.3, -0.25) is 4.98 Å². The number of aromatic nitrogens is 2. The fourth-order valence-electron chi connectivity index (χ4n) is 4.18. The van der Waals surface area contributed by atoms with Gasteiger partial charge < -0.3 is 14.8 Å². The Balaban J connectivity index is 1.85. The van der Waals surface area contributed by atoms with E-state index in [4.69, 9.17) is 23.8 Å². The molecule has 1 saturated heterocycles. The maximum absolute atomic E-state index is 6.50. The van der Waals surface area contributed by atoms with Crippen LogP contribution in [-0.2, 0) is 0 Å². The van der Waals surface area contributed by atoms with Gasteiger partial charge in [0.15, 0.2) is 5.11 Å². The van der Waals surface area contributed by atoms with Crippen LogP contribution in [0.25, 0.3) is 5.69 Å². The lowest BCUT2D eigenvalue weighted by molar-refractivity contribution is 0.329. The van der Waals surface area contributed by atoms with E-state index < -0.39 is 0 Å². The number of nitrogens with one attached hydrogen (secondary N) is 1. The lowest BCUT2D eigenvalue weighted by Crippen LogP contribution is -2.29. The van der Waals surface area contributed by atoms with E-state index in [1.807, 2.05) is 36.5 Å². The minimum Gasteiger partial charge on any atom is -0.352 e. The molecule has 6 heteroatoms. The molecule has 0 radical (unpaired) electrons. The number of pyridine rings is 1. The summed E-state index contributed by atoms with van der Waals surface area (Å²) in [7, 11) is 0. The Hall–Kier alpha value is -2.37. The van der Waals surface area contributed by atoms with E-state index in [2.05, 4.69) is 58.7 Å². The molecule has 2 atom stereocenters. The number of hydrogen-bond acceptors (Lipinski definition) is 2. The average Bonchev–Trinajstić information content (AvgIpc) is 3.18. The summed E-state index contributed by atoms with van der Waals surface area (Å²) in [6, 6.07) is 16.3. The molecule has 4 nitrogen and oxygen atoms in total. The van der Waals surface area contributed by atoms with Crippen LogP contribution < -0.4 is 5.32 Å². The monoisotopic (exact) mass is 410 g/mol. The highest BCUT2D eigenvalue weighted by molar-refractivity contribution is 7.80. The molecule has 1 aliphatic rings. The lowest BCUT2D eigenvalue weighted by atomic mass is 9.97. The van der Waals surface area contributed by atoms with Crippen molar-refractivity contribution in [3.05, 3.63) is 82.4 Å². The van der Waals surface area contributed by atoms with Gasteiger partial charge in [-0.1, -0.05) is 29.8 Å². The zero-order valence-electron chi connectivity index (χ0n) is 16.2. The quantitative estimate of drug-likeness (QED) is 0.604. The normalized spacial score (nSPS) is 19.1. The average molecular weight is 411 g/mol. The zero-order valence-corrected chi connectivity index (χ0v) is 17.8. The van der Waals surface area contributed by atoms with E-state index >= 15 is 0 Å². The van der Waals surface area contributed by atoms with Crippen molar-refractivity contribution in [3.63, 3.8) is 0 Å². The van der Waals surface area contributed by atoms with Gasteiger partial charge in [-0.15, -0.1) is 0 Å². The Kier molecular flexibility index (Phi) is 5.13. The fourth-order valence-corrected chi connectivity index (χ4v) is 4.77. The molecule has 3 aromatic rings. The van der Waals surface area contributed by atoms with Gasteiger partial charge in [0.2, 0.25) is 0 Å². The van der Waals surface area contributed by atoms with Gasteiger partial charge >= 0.3 is 0 Å². The number of halogens is 1. The maximum Gasteiger partial charge on any atom is 0.170 e. The van der Waals surface area contributed by atoms with Crippen LogP contribution in [0.1, 0.15) is 41.7 Å². The Bertz CT molecular complexity index is 1010. The van der Waals surface area contributed by atoms with E-state index in [9.17, 15) is 0 Å². The number of benzene rings is 1. The summed E-state index contributed by atoms with van der Waals surface area (Å²) in [5.74, 6) is 0. The number of para-hydroxylation sites is 1. The van der Waals surface area contributed by atoms with Crippen molar-refractivity contribution in [2.75, 3.05) is 6.54 Å². The van der Waals surface area contributed by atoms with Crippen molar-refractivity contribution < 1.29 is 0 Å². The summed E-state index contributed by atoms with van der Waals surface area (Å²) in [6.45, 7) is 7.23. The molecule has 28 heavy (non-hydrogen) atoms. The smallest absolute Gasteiger partial charge is 0.170 e. The van der Waals surface area contributed by atoms with E-state index in [0.717, 1.165) is 33.8 Å². The van der Waals surface area contributed by atoms with Crippen molar-refractivity contribution in [2.45, 2.75) is 32.9 Å². The lowest BCUT2D eigenvalue weighted by Gasteiger charge is -2.27. The van der Waals surface area contributed by atoms with E-state index in [1.165, 1.54) is 11.3 Å². The van der Waals surface area contributed by atoms with E-state index in [0.29, 0.717) is 0 Å². The SMILES string of the molecule is CCN1C(=S)NC(c2ccccn2)C1c1cc(C)n(-c2ccccc2Cl)c1C. The number of rotatable bonds is 4. The van der Waals surface area contributed by atoms with Crippen LogP contribution >= 0.6 is 23.8 Å². The summed E-state index contributed by atoms with van der Waals surface area (Å²) in [5.41, 5.74) is 5.54. The largest absolute Gasteiger partial charge is 0.352 e. The maximum atomic E-state index is 6.50. The first-order valence-corrected chi connectivity index (χ1v) is 10.2. The highest BCUT2D eigenvalue weighted by Crippen LogP contribution is 2.41. The van der Waals surface area contributed by atoms with Gasteiger partial charge in [-0.2, -0.15) is 0 Å². The van der Waals surface area contributed by atoms with Crippen molar-refractivity contribution in [1.29, 1.82) is 0 Å². The first-order valence-electron chi connectivity index (χ1n) is 9.44. The molecule has 0 spiro atoms. The Morgan fingerprint density at radius 3 is 2.57 bits per heavy atom. The van der Waals surface area contributed by atoms with Crippen molar-refractivity contribution >= 4 is 28.9 Å². The Labute approximate surface area is 176 Å². The minimum atomic E-state index is 0.00819. The molecule has 1 aromatic carbocycles. The van der Waals surface area contributed by atoms with Crippen LogP contribution in [0.2, 0.25) is 5.02 Å². The standard InChI is InChI=1S/C22H23ClN4S/c1-4-26-21(20(25-22(26)28)18-10-7-8-12-24-18)16-13-14(2)27(15(16)3)19-11-6-5-9-17(19)23/h5-13,20-21H,4H2,1-3H3,(H,25,28). The van der Waals surface area contributed by atoms with Gasteiger partial charge in [0.1, 0.15) is 0 Å². The summed E-state index contributed by atoms with van der Waals surface area (Å²) in [6.07, 6.45) is 1.83. The van der Waals surface area contributed by atoms with Crippen molar-refractivity contribution in [2.24, 2.45) is 0 Å². The molecule has 2 unspecified atom stereocenters. The zero-order chi connectivity index (χ0) is 19.8.